The van der Waals surface area contributed by atoms with Gasteiger partial charge in [0.25, 0.3) is 0 Å². The first kappa shape index (κ1) is 20.5. The molecule has 7 heteroatoms. The Morgan fingerprint density at radius 3 is 2.37 bits per heavy atom. The zero-order chi connectivity index (χ0) is 21.4. The van der Waals surface area contributed by atoms with Gasteiger partial charge in [0.2, 0.25) is 0 Å². The topological polar surface area (TPSA) is 93.5 Å². The number of benzene rings is 2. The van der Waals surface area contributed by atoms with Gasteiger partial charge in [-0.15, -0.1) is 0 Å². The molecule has 2 heterocycles. The lowest BCUT2D eigenvalue weighted by Gasteiger charge is -2.45. The van der Waals surface area contributed by atoms with Crippen molar-refractivity contribution in [2.24, 2.45) is 0 Å². The summed E-state index contributed by atoms with van der Waals surface area (Å²) in [6.45, 7) is 4.21. The van der Waals surface area contributed by atoms with Gasteiger partial charge in [-0.2, -0.15) is 0 Å². The molecule has 0 aliphatic carbocycles. The van der Waals surface area contributed by atoms with Crippen molar-refractivity contribution in [2.75, 3.05) is 19.6 Å². The lowest BCUT2D eigenvalue weighted by atomic mass is 9.82. The first-order chi connectivity index (χ1) is 14.3. The van der Waals surface area contributed by atoms with Crippen LogP contribution < -0.4 is 0 Å². The van der Waals surface area contributed by atoms with Gasteiger partial charge in [-0.3, -0.25) is 9.80 Å². The summed E-state index contributed by atoms with van der Waals surface area (Å²) in [6, 6.07) is 14.8. The molecule has 160 valence electrons. The molecule has 3 N–H and O–H groups in total. The van der Waals surface area contributed by atoms with Crippen molar-refractivity contribution in [1.29, 1.82) is 0 Å². The molecule has 2 aliphatic heterocycles. The van der Waals surface area contributed by atoms with Crippen LogP contribution in [0.15, 0.2) is 48.5 Å². The molecule has 7 nitrogen and oxygen atoms in total. The quantitative estimate of drug-likeness (QED) is 0.654. The van der Waals surface area contributed by atoms with Gasteiger partial charge in [0.05, 0.1) is 0 Å². The van der Waals surface area contributed by atoms with Crippen molar-refractivity contribution >= 4 is 6.09 Å². The van der Waals surface area contributed by atoms with E-state index in [0.717, 1.165) is 25.2 Å². The Kier molecular flexibility index (Phi) is 5.34. The van der Waals surface area contributed by atoms with Crippen molar-refractivity contribution < 1.29 is 24.9 Å². The summed E-state index contributed by atoms with van der Waals surface area (Å²) in [5, 5.41) is 30.4. The Morgan fingerprint density at radius 1 is 1.00 bits per heavy atom. The standard InChI is InChI=1S/C23H28N2O5/c1-22(29)23(10-13-24(14-11-23)16-18-5-3-2-4-6-18)30-21(28)25(22)12-9-17-7-8-19(26)20(27)15-17/h2-8,15,26-27,29H,9-14,16H2,1H3. The molecule has 1 spiro atoms. The fourth-order valence-electron chi connectivity index (χ4n) is 4.51. The number of amides is 1. The third-order valence-electron chi connectivity index (χ3n) is 6.47. The van der Waals surface area contributed by atoms with Crippen LogP contribution in [0.3, 0.4) is 0 Å². The number of rotatable bonds is 5. The highest BCUT2D eigenvalue weighted by Gasteiger charge is 2.62. The van der Waals surface area contributed by atoms with Crippen molar-refractivity contribution in [3.63, 3.8) is 0 Å². The zero-order valence-electron chi connectivity index (χ0n) is 17.1. The smallest absolute Gasteiger partial charge is 0.412 e. The van der Waals surface area contributed by atoms with Gasteiger partial charge in [-0.25, -0.2) is 4.79 Å². The van der Waals surface area contributed by atoms with Crippen LogP contribution in [0.2, 0.25) is 0 Å². The van der Waals surface area contributed by atoms with Gasteiger partial charge in [-0.05, 0) is 36.6 Å². The molecule has 2 fully saturated rings. The maximum Gasteiger partial charge on any atom is 0.412 e. The minimum atomic E-state index is -1.41. The van der Waals surface area contributed by atoms with Gasteiger partial charge in [0, 0.05) is 39.0 Å². The van der Waals surface area contributed by atoms with Gasteiger partial charge in [-0.1, -0.05) is 36.4 Å². The van der Waals surface area contributed by atoms with Crippen LogP contribution in [0.1, 0.15) is 30.9 Å². The monoisotopic (exact) mass is 412 g/mol. The van der Waals surface area contributed by atoms with Crippen LogP contribution in [0.5, 0.6) is 11.5 Å². The maximum absolute atomic E-state index is 12.6. The highest BCUT2D eigenvalue weighted by molar-refractivity contribution is 5.72. The third-order valence-corrected chi connectivity index (χ3v) is 6.47. The molecule has 1 unspecified atom stereocenters. The molecule has 2 aliphatic rings. The van der Waals surface area contributed by atoms with Crippen LogP contribution in [-0.2, 0) is 17.7 Å². The van der Waals surface area contributed by atoms with Crippen LogP contribution >= 0.6 is 0 Å². The summed E-state index contributed by atoms with van der Waals surface area (Å²) in [4.78, 5) is 16.3. The van der Waals surface area contributed by atoms with Gasteiger partial charge < -0.3 is 20.1 Å². The number of aliphatic hydroxyl groups is 1. The first-order valence-electron chi connectivity index (χ1n) is 10.3. The number of aromatic hydroxyl groups is 2. The number of ether oxygens (including phenoxy) is 1. The molecular formula is C23H28N2O5. The molecule has 0 aromatic heterocycles. The van der Waals surface area contributed by atoms with Crippen molar-refractivity contribution in [3.05, 3.63) is 59.7 Å². The number of carbonyl (C=O) groups excluding carboxylic acids is 1. The third kappa shape index (κ3) is 3.70. The average Bonchev–Trinajstić information content (AvgIpc) is 2.90. The van der Waals surface area contributed by atoms with Crippen molar-refractivity contribution in [2.45, 2.75) is 44.1 Å². The summed E-state index contributed by atoms with van der Waals surface area (Å²) in [5.74, 6) is -0.391. The molecule has 0 radical (unpaired) electrons. The predicted octanol–water partition coefficient (Wildman–Crippen LogP) is 2.84. The largest absolute Gasteiger partial charge is 0.504 e. The molecule has 0 saturated carbocycles. The van der Waals surface area contributed by atoms with E-state index in [1.165, 1.54) is 22.6 Å². The molecule has 2 aromatic rings. The first-order valence-corrected chi connectivity index (χ1v) is 10.3. The lowest BCUT2D eigenvalue weighted by molar-refractivity contribution is -0.165. The number of hydrogen-bond acceptors (Lipinski definition) is 6. The molecule has 2 saturated heterocycles. The summed E-state index contributed by atoms with van der Waals surface area (Å²) >= 11 is 0. The Bertz CT molecular complexity index is 907. The second-order valence-corrected chi connectivity index (χ2v) is 8.37. The highest BCUT2D eigenvalue weighted by Crippen LogP contribution is 2.44. The van der Waals surface area contributed by atoms with Gasteiger partial charge >= 0.3 is 6.09 Å². The van der Waals surface area contributed by atoms with E-state index in [-0.39, 0.29) is 18.0 Å². The highest BCUT2D eigenvalue weighted by atomic mass is 16.6. The Balaban J connectivity index is 1.40. The lowest BCUT2D eigenvalue weighted by Crippen LogP contribution is -2.60. The Morgan fingerprint density at radius 2 is 1.70 bits per heavy atom. The summed E-state index contributed by atoms with van der Waals surface area (Å²) in [6.07, 6.45) is 1.04. The van der Waals surface area contributed by atoms with Crippen LogP contribution in [0.25, 0.3) is 0 Å². The van der Waals surface area contributed by atoms with E-state index in [1.807, 2.05) is 18.2 Å². The minimum Gasteiger partial charge on any atom is -0.504 e. The fraction of sp³-hybridized carbons (Fsp3) is 0.435. The molecule has 4 rings (SSSR count). The molecule has 30 heavy (non-hydrogen) atoms. The maximum atomic E-state index is 12.6. The van der Waals surface area contributed by atoms with Crippen molar-refractivity contribution in [3.8, 4) is 11.5 Å². The fourth-order valence-corrected chi connectivity index (χ4v) is 4.51. The van der Waals surface area contributed by atoms with Gasteiger partial charge in [0.1, 0.15) is 0 Å². The normalized spacial score (nSPS) is 23.7. The second-order valence-electron chi connectivity index (χ2n) is 8.37. The zero-order valence-corrected chi connectivity index (χ0v) is 17.1. The molecular weight excluding hydrogens is 384 g/mol. The number of phenols is 2. The van der Waals surface area contributed by atoms with E-state index >= 15 is 0 Å². The number of hydrogen-bond donors (Lipinski definition) is 3. The van der Waals surface area contributed by atoms with E-state index in [1.54, 1.807) is 13.0 Å². The molecule has 1 amide bonds. The minimum absolute atomic E-state index is 0.187. The van der Waals surface area contributed by atoms with Crippen LogP contribution in [-0.4, -0.2) is 62.2 Å². The summed E-state index contributed by atoms with van der Waals surface area (Å²) in [5.41, 5.74) is -0.342. The number of piperidine rings is 1. The predicted molar refractivity (Wildman–Crippen MR) is 111 cm³/mol. The number of nitrogens with zero attached hydrogens (tertiary/aromatic N) is 2. The Labute approximate surface area is 176 Å². The summed E-state index contributed by atoms with van der Waals surface area (Å²) < 4.78 is 5.77. The van der Waals surface area contributed by atoms with Crippen molar-refractivity contribution in [1.82, 2.24) is 9.80 Å². The van der Waals surface area contributed by atoms with E-state index in [2.05, 4.69) is 17.0 Å². The Hall–Kier alpha value is -2.77. The molecule has 1 atom stereocenters. The average molecular weight is 412 g/mol. The van der Waals surface area contributed by atoms with Crippen LogP contribution in [0.4, 0.5) is 4.79 Å². The summed E-state index contributed by atoms with van der Waals surface area (Å²) in [7, 11) is 0. The van der Waals surface area contributed by atoms with E-state index in [4.69, 9.17) is 4.74 Å². The number of likely N-dealkylation sites (tertiary alicyclic amines) is 1. The SMILES string of the molecule is CC1(O)N(CCc2ccc(O)c(O)c2)C(=O)OC12CCN(Cc1ccccc1)CC2. The van der Waals surface area contributed by atoms with E-state index in [0.29, 0.717) is 19.3 Å². The van der Waals surface area contributed by atoms with E-state index < -0.39 is 17.4 Å². The van der Waals surface area contributed by atoms with Gasteiger partial charge in [0.15, 0.2) is 22.8 Å². The number of phenolic OH excluding ortho intramolecular Hbond substituents is 2. The number of carbonyl (C=O) groups is 1. The molecule has 2 aromatic carbocycles. The van der Waals surface area contributed by atoms with E-state index in [9.17, 15) is 20.1 Å². The van der Waals surface area contributed by atoms with Crippen LogP contribution in [0, 0.1) is 0 Å². The second kappa shape index (κ2) is 7.81. The molecule has 0 bridgehead atoms.